The minimum absolute atomic E-state index is 0.270. The van der Waals surface area contributed by atoms with Gasteiger partial charge in [-0.25, -0.2) is 9.59 Å². The monoisotopic (exact) mass is 427 g/mol. The van der Waals surface area contributed by atoms with Gasteiger partial charge in [0, 0.05) is 6.08 Å². The van der Waals surface area contributed by atoms with E-state index in [0.717, 1.165) is 5.75 Å². The summed E-state index contributed by atoms with van der Waals surface area (Å²) in [6, 6.07) is 13.7. The van der Waals surface area contributed by atoms with Gasteiger partial charge >= 0.3 is 11.9 Å². The first-order chi connectivity index (χ1) is 15.0. The summed E-state index contributed by atoms with van der Waals surface area (Å²) in [6.07, 6.45) is 2.72. The number of ether oxygens (including phenoxy) is 4. The van der Waals surface area contributed by atoms with E-state index in [9.17, 15) is 14.4 Å². The molecular formula is C23H25NO7. The van der Waals surface area contributed by atoms with Crippen molar-refractivity contribution in [2.24, 2.45) is 0 Å². The molecule has 0 aromatic heterocycles. The summed E-state index contributed by atoms with van der Waals surface area (Å²) in [5, 5.41) is 2.60. The van der Waals surface area contributed by atoms with Gasteiger partial charge in [0.1, 0.15) is 18.1 Å². The highest BCUT2D eigenvalue weighted by molar-refractivity contribution is 5.91. The van der Waals surface area contributed by atoms with Crippen LogP contribution in [0.25, 0.3) is 6.08 Å². The highest BCUT2D eigenvalue weighted by Gasteiger charge is 2.06. The molecule has 164 valence electrons. The molecular weight excluding hydrogens is 402 g/mol. The number of hydrogen-bond donors (Lipinski definition) is 1. The molecule has 8 heteroatoms. The Hall–Kier alpha value is -3.81. The first-order valence-corrected chi connectivity index (χ1v) is 9.67. The maximum atomic E-state index is 11.8. The van der Waals surface area contributed by atoms with Gasteiger partial charge in [-0.2, -0.15) is 0 Å². The molecule has 2 aromatic carbocycles. The molecule has 0 saturated heterocycles. The first kappa shape index (κ1) is 23.5. The summed E-state index contributed by atoms with van der Waals surface area (Å²) in [5.74, 6) is -0.103. The molecule has 0 aliphatic heterocycles. The molecule has 0 aliphatic carbocycles. The van der Waals surface area contributed by atoms with E-state index in [4.69, 9.17) is 14.2 Å². The van der Waals surface area contributed by atoms with Crippen LogP contribution in [0.1, 0.15) is 22.8 Å². The van der Waals surface area contributed by atoms with Gasteiger partial charge in [0.25, 0.3) is 5.91 Å². The molecule has 0 fully saturated rings. The summed E-state index contributed by atoms with van der Waals surface area (Å²) < 4.78 is 20.4. The summed E-state index contributed by atoms with van der Waals surface area (Å²) in [5.41, 5.74) is 1.10. The van der Waals surface area contributed by atoms with Gasteiger partial charge < -0.3 is 24.3 Å². The Bertz CT molecular complexity index is 889. The lowest BCUT2D eigenvalue weighted by Crippen LogP contribution is -2.31. The standard InChI is InChI=1S/C23H25NO7/c1-3-29-19-9-11-20(12-10-19)30-15-14-24-21(25)16-31-22(26)13-6-17-4-7-18(8-5-17)23(27)28-2/h4-13H,3,14-16H2,1-2H3,(H,24,25)/b13-6+. The second kappa shape index (κ2) is 12.7. The number of methoxy groups -OCH3 is 1. The van der Waals surface area contributed by atoms with Crippen LogP contribution in [-0.2, 0) is 19.1 Å². The molecule has 0 aliphatic rings. The molecule has 0 spiro atoms. The number of nitrogens with one attached hydrogen (secondary N) is 1. The van der Waals surface area contributed by atoms with Crippen LogP contribution in [0.2, 0.25) is 0 Å². The summed E-state index contributed by atoms with van der Waals surface area (Å²) >= 11 is 0. The predicted molar refractivity (Wildman–Crippen MR) is 114 cm³/mol. The largest absolute Gasteiger partial charge is 0.494 e. The normalized spacial score (nSPS) is 10.4. The van der Waals surface area contributed by atoms with E-state index >= 15 is 0 Å². The third kappa shape index (κ3) is 8.61. The Balaban J connectivity index is 1.63. The molecule has 0 unspecified atom stereocenters. The molecule has 0 bridgehead atoms. The van der Waals surface area contributed by atoms with Crippen molar-refractivity contribution in [2.45, 2.75) is 6.92 Å². The number of hydrogen-bond acceptors (Lipinski definition) is 7. The maximum absolute atomic E-state index is 11.8. The number of amides is 1. The highest BCUT2D eigenvalue weighted by Crippen LogP contribution is 2.17. The van der Waals surface area contributed by atoms with Gasteiger partial charge in [0.2, 0.25) is 0 Å². The van der Waals surface area contributed by atoms with Crippen molar-refractivity contribution in [3.63, 3.8) is 0 Å². The van der Waals surface area contributed by atoms with Crippen LogP contribution in [0.3, 0.4) is 0 Å². The molecule has 0 atom stereocenters. The van der Waals surface area contributed by atoms with Crippen molar-refractivity contribution in [2.75, 3.05) is 33.5 Å². The topological polar surface area (TPSA) is 100 Å². The average Bonchev–Trinajstić information content (AvgIpc) is 2.80. The van der Waals surface area contributed by atoms with Gasteiger partial charge in [-0.15, -0.1) is 0 Å². The third-order valence-corrected chi connectivity index (χ3v) is 3.92. The fourth-order valence-corrected chi connectivity index (χ4v) is 2.41. The van der Waals surface area contributed by atoms with Crippen LogP contribution in [0, 0.1) is 0 Å². The highest BCUT2D eigenvalue weighted by atomic mass is 16.5. The molecule has 1 N–H and O–H groups in total. The van der Waals surface area contributed by atoms with Crippen molar-refractivity contribution < 1.29 is 33.3 Å². The molecule has 2 aromatic rings. The van der Waals surface area contributed by atoms with Crippen molar-refractivity contribution in [1.29, 1.82) is 0 Å². The lowest BCUT2D eigenvalue weighted by Gasteiger charge is -2.09. The molecule has 8 nitrogen and oxygen atoms in total. The van der Waals surface area contributed by atoms with Gasteiger partial charge in [-0.1, -0.05) is 12.1 Å². The van der Waals surface area contributed by atoms with Crippen molar-refractivity contribution in [3.05, 3.63) is 65.7 Å². The van der Waals surface area contributed by atoms with Crippen LogP contribution in [-0.4, -0.2) is 51.3 Å². The first-order valence-electron chi connectivity index (χ1n) is 9.67. The average molecular weight is 427 g/mol. The van der Waals surface area contributed by atoms with Crippen LogP contribution in [0.4, 0.5) is 0 Å². The molecule has 0 heterocycles. The molecule has 1 amide bonds. The van der Waals surface area contributed by atoms with E-state index in [1.54, 1.807) is 48.5 Å². The Kier molecular flexibility index (Phi) is 9.61. The predicted octanol–water partition coefficient (Wildman–Crippen LogP) is 2.62. The quantitative estimate of drug-likeness (QED) is 0.334. The van der Waals surface area contributed by atoms with Crippen LogP contribution < -0.4 is 14.8 Å². The Morgan fingerprint density at radius 1 is 0.935 bits per heavy atom. The van der Waals surface area contributed by atoms with E-state index in [-0.39, 0.29) is 13.2 Å². The van der Waals surface area contributed by atoms with Gasteiger partial charge in [-0.3, -0.25) is 4.79 Å². The van der Waals surface area contributed by atoms with Crippen molar-refractivity contribution >= 4 is 23.9 Å². The fraction of sp³-hybridized carbons (Fsp3) is 0.261. The summed E-state index contributed by atoms with van der Waals surface area (Å²) in [4.78, 5) is 34.9. The number of benzene rings is 2. The second-order valence-corrected chi connectivity index (χ2v) is 6.16. The van der Waals surface area contributed by atoms with Gasteiger partial charge in [0.15, 0.2) is 6.61 Å². The fourth-order valence-electron chi connectivity index (χ4n) is 2.41. The number of rotatable bonds is 11. The van der Waals surface area contributed by atoms with Gasteiger partial charge in [0.05, 0.1) is 25.8 Å². The Morgan fingerprint density at radius 3 is 2.19 bits per heavy atom. The van der Waals surface area contributed by atoms with Crippen molar-refractivity contribution in [3.8, 4) is 11.5 Å². The minimum atomic E-state index is -0.655. The van der Waals surface area contributed by atoms with Crippen molar-refractivity contribution in [1.82, 2.24) is 5.32 Å². The zero-order chi connectivity index (χ0) is 22.5. The van der Waals surface area contributed by atoms with E-state index in [0.29, 0.717) is 23.5 Å². The van der Waals surface area contributed by atoms with Crippen LogP contribution in [0.5, 0.6) is 11.5 Å². The number of carbonyl (C=O) groups excluding carboxylic acids is 3. The lowest BCUT2D eigenvalue weighted by molar-refractivity contribution is -0.143. The zero-order valence-corrected chi connectivity index (χ0v) is 17.5. The Morgan fingerprint density at radius 2 is 1.58 bits per heavy atom. The van der Waals surface area contributed by atoms with Crippen LogP contribution >= 0.6 is 0 Å². The van der Waals surface area contributed by atoms with E-state index < -0.39 is 24.5 Å². The number of esters is 2. The smallest absolute Gasteiger partial charge is 0.337 e. The molecule has 31 heavy (non-hydrogen) atoms. The third-order valence-electron chi connectivity index (χ3n) is 3.92. The van der Waals surface area contributed by atoms with Gasteiger partial charge in [-0.05, 0) is 55.0 Å². The molecule has 0 saturated carbocycles. The summed E-state index contributed by atoms with van der Waals surface area (Å²) in [7, 11) is 1.30. The van der Waals surface area contributed by atoms with Crippen LogP contribution in [0.15, 0.2) is 54.6 Å². The number of carbonyl (C=O) groups is 3. The second-order valence-electron chi connectivity index (χ2n) is 6.16. The van der Waals surface area contributed by atoms with E-state index in [1.165, 1.54) is 19.3 Å². The molecule has 2 rings (SSSR count). The summed E-state index contributed by atoms with van der Waals surface area (Å²) in [6.45, 7) is 2.65. The minimum Gasteiger partial charge on any atom is -0.494 e. The maximum Gasteiger partial charge on any atom is 0.337 e. The SMILES string of the molecule is CCOc1ccc(OCCNC(=O)COC(=O)/C=C/c2ccc(C(=O)OC)cc2)cc1. The van der Waals surface area contributed by atoms with E-state index in [2.05, 4.69) is 10.1 Å². The molecule has 0 radical (unpaired) electrons. The van der Waals surface area contributed by atoms with E-state index in [1.807, 2.05) is 6.92 Å². The zero-order valence-electron chi connectivity index (χ0n) is 17.5. The lowest BCUT2D eigenvalue weighted by atomic mass is 10.1. The Labute approximate surface area is 180 Å².